The van der Waals surface area contributed by atoms with Crippen molar-refractivity contribution >= 4 is 38.1 Å². The zero-order valence-electron chi connectivity index (χ0n) is 16.0. The minimum atomic E-state index is -3.75. The van der Waals surface area contributed by atoms with E-state index in [1.165, 1.54) is 35.6 Å². The monoisotopic (exact) mass is 428 g/mol. The lowest BCUT2D eigenvalue weighted by Gasteiger charge is -2.10. The van der Waals surface area contributed by atoms with Gasteiger partial charge in [-0.3, -0.25) is 14.8 Å². The topological polar surface area (TPSA) is 101 Å². The SMILES string of the molecule is Cc1ccc(NS(=O)(=O)c2ccc(C(=O)Nc3nnc(C4CC4)s3)cc2)cc1C. The van der Waals surface area contributed by atoms with Crippen LogP contribution in [0.3, 0.4) is 0 Å². The van der Waals surface area contributed by atoms with Crippen molar-refractivity contribution in [2.45, 2.75) is 37.5 Å². The summed E-state index contributed by atoms with van der Waals surface area (Å²) in [5, 5.41) is 12.2. The van der Waals surface area contributed by atoms with Gasteiger partial charge >= 0.3 is 0 Å². The average molecular weight is 429 g/mol. The number of anilines is 2. The second kappa shape index (κ2) is 7.57. The Balaban J connectivity index is 1.45. The second-order valence-corrected chi connectivity index (χ2v) is 9.79. The van der Waals surface area contributed by atoms with E-state index in [1.54, 1.807) is 12.1 Å². The molecule has 1 aliphatic rings. The predicted molar refractivity (Wildman–Crippen MR) is 113 cm³/mol. The summed E-state index contributed by atoms with van der Waals surface area (Å²) in [4.78, 5) is 12.5. The maximum absolute atomic E-state index is 12.6. The van der Waals surface area contributed by atoms with E-state index in [0.717, 1.165) is 29.0 Å². The van der Waals surface area contributed by atoms with Gasteiger partial charge in [0, 0.05) is 17.2 Å². The molecule has 1 fully saturated rings. The normalized spacial score (nSPS) is 13.9. The van der Waals surface area contributed by atoms with Crippen LogP contribution < -0.4 is 10.0 Å². The van der Waals surface area contributed by atoms with Crippen LogP contribution in [-0.2, 0) is 10.0 Å². The molecular weight excluding hydrogens is 408 g/mol. The van der Waals surface area contributed by atoms with E-state index >= 15 is 0 Å². The number of aryl methyl sites for hydroxylation is 2. The van der Waals surface area contributed by atoms with Crippen molar-refractivity contribution in [2.75, 3.05) is 10.0 Å². The maximum atomic E-state index is 12.6. The Bertz CT molecular complexity index is 1170. The van der Waals surface area contributed by atoms with Crippen LogP contribution in [0.15, 0.2) is 47.4 Å². The molecule has 0 aliphatic heterocycles. The van der Waals surface area contributed by atoms with Gasteiger partial charge in [-0.15, -0.1) is 10.2 Å². The van der Waals surface area contributed by atoms with Gasteiger partial charge in [0.05, 0.1) is 4.90 Å². The minimum Gasteiger partial charge on any atom is -0.296 e. The van der Waals surface area contributed by atoms with Crippen LogP contribution in [0.1, 0.15) is 45.3 Å². The number of aromatic nitrogens is 2. The molecule has 1 aromatic heterocycles. The summed E-state index contributed by atoms with van der Waals surface area (Å²) < 4.78 is 27.8. The van der Waals surface area contributed by atoms with Crippen LogP contribution in [0.25, 0.3) is 0 Å². The maximum Gasteiger partial charge on any atom is 0.261 e. The van der Waals surface area contributed by atoms with Gasteiger partial charge in [0.15, 0.2) is 0 Å². The number of benzene rings is 2. The molecular formula is C20H20N4O3S2. The molecule has 9 heteroatoms. The molecule has 0 atom stereocenters. The lowest BCUT2D eigenvalue weighted by atomic mass is 10.1. The van der Waals surface area contributed by atoms with E-state index in [4.69, 9.17) is 0 Å². The van der Waals surface area contributed by atoms with Crippen molar-refractivity contribution in [1.29, 1.82) is 0 Å². The lowest BCUT2D eigenvalue weighted by molar-refractivity contribution is 0.102. The summed E-state index contributed by atoms with van der Waals surface area (Å²) >= 11 is 1.38. The highest BCUT2D eigenvalue weighted by Gasteiger charge is 2.27. The van der Waals surface area contributed by atoms with Crippen LogP contribution in [0, 0.1) is 13.8 Å². The number of carbonyl (C=O) groups is 1. The standard InChI is InChI=1S/C20H20N4O3S2/c1-12-3-8-16(11-13(12)2)24-29(26,27)17-9-6-14(7-10-17)18(25)21-20-23-22-19(28-20)15-4-5-15/h3,6-11,15,24H,4-5H2,1-2H3,(H,21,23,25). The van der Waals surface area contributed by atoms with Crippen molar-refractivity contribution in [3.05, 3.63) is 64.2 Å². The van der Waals surface area contributed by atoms with Crippen molar-refractivity contribution in [3.8, 4) is 0 Å². The van der Waals surface area contributed by atoms with Gasteiger partial charge in [-0.2, -0.15) is 0 Å². The van der Waals surface area contributed by atoms with E-state index < -0.39 is 10.0 Å². The first-order chi connectivity index (χ1) is 13.8. The highest BCUT2D eigenvalue weighted by Crippen LogP contribution is 2.42. The van der Waals surface area contributed by atoms with E-state index in [-0.39, 0.29) is 10.8 Å². The Morgan fingerprint density at radius 1 is 1.03 bits per heavy atom. The third-order valence-electron chi connectivity index (χ3n) is 4.77. The number of nitrogens with zero attached hydrogens (tertiary/aromatic N) is 2. The van der Waals surface area contributed by atoms with Gasteiger partial charge < -0.3 is 0 Å². The zero-order chi connectivity index (χ0) is 20.6. The molecule has 150 valence electrons. The van der Waals surface area contributed by atoms with Gasteiger partial charge in [-0.25, -0.2) is 8.42 Å². The number of hydrogen-bond acceptors (Lipinski definition) is 6. The molecule has 3 aromatic rings. The summed E-state index contributed by atoms with van der Waals surface area (Å²) in [5.41, 5.74) is 2.93. The van der Waals surface area contributed by atoms with Gasteiger partial charge in [-0.1, -0.05) is 17.4 Å². The number of nitrogens with one attached hydrogen (secondary N) is 2. The first kappa shape index (κ1) is 19.5. The minimum absolute atomic E-state index is 0.0826. The zero-order valence-corrected chi connectivity index (χ0v) is 17.6. The number of amides is 1. The summed E-state index contributed by atoms with van der Waals surface area (Å²) in [7, 11) is -3.75. The van der Waals surface area contributed by atoms with Crippen molar-refractivity contribution in [2.24, 2.45) is 0 Å². The molecule has 1 aliphatic carbocycles. The quantitative estimate of drug-likeness (QED) is 0.616. The van der Waals surface area contributed by atoms with Crippen molar-refractivity contribution in [1.82, 2.24) is 10.2 Å². The molecule has 1 amide bonds. The van der Waals surface area contributed by atoms with Crippen molar-refractivity contribution < 1.29 is 13.2 Å². The smallest absolute Gasteiger partial charge is 0.261 e. The molecule has 0 bridgehead atoms. The molecule has 0 saturated heterocycles. The molecule has 1 heterocycles. The third-order valence-corrected chi connectivity index (χ3v) is 7.17. The van der Waals surface area contributed by atoms with Crippen LogP contribution in [0.2, 0.25) is 0 Å². The van der Waals surface area contributed by atoms with E-state index in [2.05, 4.69) is 20.2 Å². The fourth-order valence-corrected chi connectivity index (χ4v) is 4.71. The molecule has 0 unspecified atom stereocenters. The lowest BCUT2D eigenvalue weighted by Crippen LogP contribution is -2.15. The van der Waals surface area contributed by atoms with Crippen LogP contribution in [0.4, 0.5) is 10.8 Å². The Kier molecular flexibility index (Phi) is 5.10. The Morgan fingerprint density at radius 3 is 2.41 bits per heavy atom. The third kappa shape index (κ3) is 4.46. The highest BCUT2D eigenvalue weighted by molar-refractivity contribution is 7.92. The van der Waals surface area contributed by atoms with Crippen LogP contribution in [-0.4, -0.2) is 24.5 Å². The fraction of sp³-hybridized carbons (Fsp3) is 0.250. The summed E-state index contributed by atoms with van der Waals surface area (Å²) in [6.45, 7) is 3.89. The number of carbonyl (C=O) groups excluding carboxylic acids is 1. The molecule has 1 saturated carbocycles. The number of hydrogen-bond donors (Lipinski definition) is 2. The highest BCUT2D eigenvalue weighted by atomic mass is 32.2. The largest absolute Gasteiger partial charge is 0.296 e. The average Bonchev–Trinajstić information content (AvgIpc) is 3.44. The van der Waals surface area contributed by atoms with Gasteiger partial charge in [0.25, 0.3) is 15.9 Å². The second-order valence-electron chi connectivity index (χ2n) is 7.10. The van der Waals surface area contributed by atoms with E-state index in [0.29, 0.717) is 22.3 Å². The Morgan fingerprint density at radius 2 is 1.76 bits per heavy atom. The molecule has 4 rings (SSSR count). The summed E-state index contributed by atoms with van der Waals surface area (Å²) in [6, 6.07) is 11.2. The van der Waals surface area contributed by atoms with Gasteiger partial charge in [0.2, 0.25) is 5.13 Å². The molecule has 0 spiro atoms. The Labute approximate surface area is 173 Å². The predicted octanol–water partition coefficient (Wildman–Crippen LogP) is 4.09. The molecule has 2 aromatic carbocycles. The summed E-state index contributed by atoms with van der Waals surface area (Å²) in [6.07, 6.45) is 2.24. The van der Waals surface area contributed by atoms with Crippen LogP contribution in [0.5, 0.6) is 0 Å². The number of rotatable bonds is 6. The molecule has 7 nitrogen and oxygen atoms in total. The Hall–Kier alpha value is -2.78. The van der Waals surface area contributed by atoms with Crippen molar-refractivity contribution in [3.63, 3.8) is 0 Å². The van der Waals surface area contributed by atoms with E-state index in [9.17, 15) is 13.2 Å². The van der Waals surface area contributed by atoms with Gasteiger partial charge in [-0.05, 0) is 74.2 Å². The molecule has 2 N–H and O–H groups in total. The van der Waals surface area contributed by atoms with E-state index in [1.807, 2.05) is 19.9 Å². The first-order valence-corrected chi connectivity index (χ1v) is 11.5. The van der Waals surface area contributed by atoms with Crippen LogP contribution >= 0.6 is 11.3 Å². The van der Waals surface area contributed by atoms with Gasteiger partial charge in [0.1, 0.15) is 5.01 Å². The molecule has 0 radical (unpaired) electrons. The molecule has 29 heavy (non-hydrogen) atoms. The summed E-state index contributed by atoms with van der Waals surface area (Å²) in [5.74, 6) is 0.127. The first-order valence-electron chi connectivity index (χ1n) is 9.17. The fourth-order valence-electron chi connectivity index (χ4n) is 2.75. The number of sulfonamides is 1.